The minimum atomic E-state index is -0.233. The lowest BCUT2D eigenvalue weighted by Crippen LogP contribution is -2.45. The van der Waals surface area contributed by atoms with Gasteiger partial charge in [0.25, 0.3) is 5.91 Å². The summed E-state index contributed by atoms with van der Waals surface area (Å²) >= 11 is 0. The highest BCUT2D eigenvalue weighted by atomic mass is 16.5. The topological polar surface area (TPSA) is 99.8 Å². The molecule has 8 heteroatoms. The van der Waals surface area contributed by atoms with Crippen molar-refractivity contribution in [3.05, 3.63) is 54.1 Å². The fourth-order valence-electron chi connectivity index (χ4n) is 4.06. The lowest BCUT2D eigenvalue weighted by molar-refractivity contribution is -0.127. The Kier molecular flexibility index (Phi) is 10.1. The first-order valence-corrected chi connectivity index (χ1v) is 12.4. The number of ether oxygens (including phenoxy) is 1. The predicted molar refractivity (Wildman–Crippen MR) is 138 cm³/mol. The van der Waals surface area contributed by atoms with E-state index in [-0.39, 0.29) is 30.2 Å². The molecule has 3 amide bonds. The van der Waals surface area contributed by atoms with Gasteiger partial charge in [-0.2, -0.15) is 0 Å². The summed E-state index contributed by atoms with van der Waals surface area (Å²) in [5.74, 6) is 0.400. The van der Waals surface area contributed by atoms with E-state index >= 15 is 0 Å². The Labute approximate surface area is 207 Å². The van der Waals surface area contributed by atoms with Gasteiger partial charge >= 0.3 is 0 Å². The van der Waals surface area contributed by atoms with Gasteiger partial charge in [0.05, 0.1) is 19.1 Å². The number of amides is 3. The van der Waals surface area contributed by atoms with Crippen LogP contribution in [-0.4, -0.2) is 55.4 Å². The van der Waals surface area contributed by atoms with Gasteiger partial charge in [-0.25, -0.2) is 0 Å². The summed E-state index contributed by atoms with van der Waals surface area (Å²) in [6.45, 7) is 6.94. The van der Waals surface area contributed by atoms with Gasteiger partial charge in [-0.15, -0.1) is 0 Å². The van der Waals surface area contributed by atoms with Crippen LogP contribution in [0, 0.1) is 5.92 Å². The van der Waals surface area contributed by atoms with Crippen LogP contribution in [0.1, 0.15) is 49.9 Å². The minimum Gasteiger partial charge on any atom is -0.494 e. The number of anilines is 2. The fraction of sp³-hybridized carbons (Fsp3) is 0.444. The average Bonchev–Trinajstić information content (AvgIpc) is 2.86. The molecule has 0 aliphatic carbocycles. The molecule has 0 bridgehead atoms. The second-order valence-electron chi connectivity index (χ2n) is 8.76. The molecule has 8 nitrogen and oxygen atoms in total. The molecule has 1 atom stereocenters. The summed E-state index contributed by atoms with van der Waals surface area (Å²) in [5, 5.41) is 8.73. The predicted octanol–water partition coefficient (Wildman–Crippen LogP) is 3.90. The Bertz CT molecular complexity index is 976. The number of nitrogens with one attached hydrogen (secondary N) is 3. The molecule has 3 N–H and O–H groups in total. The smallest absolute Gasteiger partial charge is 0.255 e. The maximum atomic E-state index is 12.6. The number of likely N-dealkylation sites (tertiary alicyclic amines) is 1. The van der Waals surface area contributed by atoms with E-state index in [0.29, 0.717) is 36.6 Å². The van der Waals surface area contributed by atoms with Gasteiger partial charge < -0.3 is 20.7 Å². The van der Waals surface area contributed by atoms with Crippen LogP contribution in [-0.2, 0) is 9.59 Å². The van der Waals surface area contributed by atoms with E-state index in [0.717, 1.165) is 38.0 Å². The number of carbonyl (C=O) groups excluding carboxylic acids is 3. The van der Waals surface area contributed by atoms with Crippen molar-refractivity contribution in [3.63, 3.8) is 0 Å². The van der Waals surface area contributed by atoms with Crippen molar-refractivity contribution in [3.8, 4) is 5.75 Å². The lowest BCUT2D eigenvalue weighted by atomic mass is 9.97. The van der Waals surface area contributed by atoms with Crippen molar-refractivity contribution >= 4 is 29.1 Å². The summed E-state index contributed by atoms with van der Waals surface area (Å²) in [6.07, 6.45) is 3.78. The van der Waals surface area contributed by atoms with Gasteiger partial charge in [-0.3, -0.25) is 19.3 Å². The molecule has 1 unspecified atom stereocenters. The maximum absolute atomic E-state index is 12.6. The number of unbranched alkanes of at least 4 members (excludes halogenated alkanes) is 1. The third-order valence-electron chi connectivity index (χ3n) is 5.93. The van der Waals surface area contributed by atoms with Crippen molar-refractivity contribution in [1.82, 2.24) is 10.2 Å². The monoisotopic (exact) mass is 480 g/mol. The number of hydrogen-bond acceptors (Lipinski definition) is 5. The average molecular weight is 481 g/mol. The molecule has 1 saturated heterocycles. The Morgan fingerprint density at radius 1 is 0.971 bits per heavy atom. The van der Waals surface area contributed by atoms with Crippen LogP contribution in [0.4, 0.5) is 11.4 Å². The van der Waals surface area contributed by atoms with Gasteiger partial charge in [0.1, 0.15) is 5.75 Å². The van der Waals surface area contributed by atoms with Crippen molar-refractivity contribution in [2.75, 3.05) is 43.4 Å². The van der Waals surface area contributed by atoms with Crippen molar-refractivity contribution in [1.29, 1.82) is 0 Å². The molecule has 1 aliphatic rings. The number of nitrogens with zero attached hydrogens (tertiary/aromatic N) is 1. The zero-order chi connectivity index (χ0) is 25.0. The molecule has 0 aromatic heterocycles. The molecule has 2 aromatic carbocycles. The number of carbonyl (C=O) groups is 3. The molecule has 3 rings (SSSR count). The summed E-state index contributed by atoms with van der Waals surface area (Å²) in [5.41, 5.74) is 1.79. The van der Waals surface area contributed by atoms with Crippen LogP contribution in [0.5, 0.6) is 5.75 Å². The molecule has 1 heterocycles. The third-order valence-corrected chi connectivity index (χ3v) is 5.93. The van der Waals surface area contributed by atoms with Gasteiger partial charge in [0.15, 0.2) is 0 Å². The van der Waals surface area contributed by atoms with E-state index in [1.165, 1.54) is 0 Å². The normalized spacial score (nSPS) is 15.8. The van der Waals surface area contributed by atoms with E-state index in [9.17, 15) is 14.4 Å². The minimum absolute atomic E-state index is 0.0680. The Morgan fingerprint density at radius 3 is 2.34 bits per heavy atom. The van der Waals surface area contributed by atoms with Crippen LogP contribution in [0.15, 0.2) is 48.5 Å². The zero-order valence-electron chi connectivity index (χ0n) is 20.6. The maximum Gasteiger partial charge on any atom is 0.255 e. The molecule has 0 radical (unpaired) electrons. The Hall–Kier alpha value is -3.39. The first-order valence-electron chi connectivity index (χ1n) is 12.4. The van der Waals surface area contributed by atoms with Crippen molar-refractivity contribution in [2.24, 2.45) is 5.92 Å². The highest BCUT2D eigenvalue weighted by Crippen LogP contribution is 2.18. The van der Waals surface area contributed by atoms with Crippen LogP contribution in [0.3, 0.4) is 0 Å². The lowest BCUT2D eigenvalue weighted by Gasteiger charge is -2.31. The van der Waals surface area contributed by atoms with Gasteiger partial charge in [-0.05, 0) is 81.3 Å². The quantitative estimate of drug-likeness (QED) is 0.424. The molecule has 35 heavy (non-hydrogen) atoms. The Balaban J connectivity index is 1.46. The second kappa shape index (κ2) is 13.5. The second-order valence-corrected chi connectivity index (χ2v) is 8.76. The summed E-state index contributed by atoms with van der Waals surface area (Å²) < 4.78 is 5.41. The van der Waals surface area contributed by atoms with E-state index in [1.54, 1.807) is 48.5 Å². The first-order chi connectivity index (χ1) is 17.0. The number of benzene rings is 2. The molecule has 0 spiro atoms. The highest BCUT2D eigenvalue weighted by Gasteiger charge is 2.26. The molecule has 0 saturated carbocycles. The van der Waals surface area contributed by atoms with Gasteiger partial charge in [0, 0.05) is 30.0 Å². The van der Waals surface area contributed by atoms with E-state index in [4.69, 9.17) is 4.74 Å². The van der Waals surface area contributed by atoms with Crippen LogP contribution in [0.2, 0.25) is 0 Å². The van der Waals surface area contributed by atoms with Crippen molar-refractivity contribution in [2.45, 2.75) is 39.5 Å². The van der Waals surface area contributed by atoms with E-state index in [2.05, 4.69) is 22.9 Å². The fourth-order valence-corrected chi connectivity index (χ4v) is 4.06. The number of hydrogen-bond donors (Lipinski definition) is 3. The van der Waals surface area contributed by atoms with Crippen molar-refractivity contribution < 1.29 is 19.1 Å². The standard InChI is InChI=1S/C27H36N4O4/c1-3-5-16-28-26(33)21-7-6-17-31(18-21)19-25(32)29-22-10-8-20(9-11-22)27(34)30-23-12-14-24(15-13-23)35-4-2/h8-15,21H,3-7,16-19H2,1-2H3,(H,28,33)(H,29,32)(H,30,34). The molecule has 1 aliphatic heterocycles. The SMILES string of the molecule is CCCCNC(=O)C1CCCN(CC(=O)Nc2ccc(C(=O)Nc3ccc(OCC)cc3)cc2)C1. The summed E-state index contributed by atoms with van der Waals surface area (Å²) in [4.78, 5) is 39.5. The molecular formula is C27H36N4O4. The van der Waals surface area contributed by atoms with Crippen LogP contribution < -0.4 is 20.7 Å². The first kappa shape index (κ1) is 26.2. The number of piperidine rings is 1. The largest absolute Gasteiger partial charge is 0.494 e. The molecule has 188 valence electrons. The van der Waals surface area contributed by atoms with Crippen LogP contribution in [0.25, 0.3) is 0 Å². The summed E-state index contributed by atoms with van der Waals surface area (Å²) in [7, 11) is 0. The van der Waals surface area contributed by atoms with E-state index in [1.807, 2.05) is 11.8 Å². The number of rotatable bonds is 11. The molecular weight excluding hydrogens is 444 g/mol. The third kappa shape index (κ3) is 8.40. The summed E-state index contributed by atoms with van der Waals surface area (Å²) in [6, 6.07) is 14.0. The van der Waals surface area contributed by atoms with Gasteiger partial charge in [-0.1, -0.05) is 13.3 Å². The zero-order valence-corrected chi connectivity index (χ0v) is 20.6. The van der Waals surface area contributed by atoms with Gasteiger partial charge in [0.2, 0.25) is 11.8 Å². The molecule has 1 fully saturated rings. The Morgan fingerprint density at radius 2 is 1.66 bits per heavy atom. The van der Waals surface area contributed by atoms with Crippen LogP contribution >= 0.6 is 0 Å². The highest BCUT2D eigenvalue weighted by molar-refractivity contribution is 6.04. The van der Waals surface area contributed by atoms with E-state index < -0.39 is 0 Å². The molecule has 2 aromatic rings.